The number of benzene rings is 2. The maximum atomic E-state index is 14.4. The van der Waals surface area contributed by atoms with Crippen molar-refractivity contribution in [3.8, 4) is 0 Å². The smallest absolute Gasteiger partial charge is 0.305 e. The molecule has 0 unspecified atom stereocenters. The number of Topliss-reactive ketones (excluding diaryl/α,β-unsaturated/α-hetero) is 2. The minimum atomic E-state index is -1.73. The van der Waals surface area contributed by atoms with Crippen LogP contribution in [0.4, 0.5) is 0 Å². The van der Waals surface area contributed by atoms with Gasteiger partial charge in [-0.15, -0.1) is 0 Å². The van der Waals surface area contributed by atoms with E-state index in [1.807, 2.05) is 6.92 Å². The molecule has 2 aromatic carbocycles. The topological polar surface area (TPSA) is 326 Å². The third kappa shape index (κ3) is 20.8. The van der Waals surface area contributed by atoms with Crippen molar-refractivity contribution in [2.24, 2.45) is 17.1 Å². The molecule has 2 rings (SSSR count). The van der Waals surface area contributed by atoms with E-state index in [1.54, 1.807) is 96.1 Å². The summed E-state index contributed by atoms with van der Waals surface area (Å²) < 4.78 is 0. The number of aliphatic carboxylic acids is 2. The van der Waals surface area contributed by atoms with Gasteiger partial charge in [-0.3, -0.25) is 52.7 Å². The zero-order chi connectivity index (χ0) is 52.0. The number of aryl methyl sites for hydroxylation is 1. The van der Waals surface area contributed by atoms with E-state index >= 15 is 0 Å². The van der Waals surface area contributed by atoms with Crippen LogP contribution in [0.15, 0.2) is 54.6 Å². The zero-order valence-corrected chi connectivity index (χ0v) is 40.5. The first kappa shape index (κ1) is 58.1. The molecule has 0 saturated heterocycles. The number of carbonyl (C=O) groups excluding carboxylic acids is 9. The summed E-state index contributed by atoms with van der Waals surface area (Å²) in [6.45, 7) is 12.1. The second kappa shape index (κ2) is 28.4. The van der Waals surface area contributed by atoms with Crippen LogP contribution in [0.1, 0.15) is 127 Å². The molecule has 7 amide bonds. The van der Waals surface area contributed by atoms with Crippen molar-refractivity contribution in [1.82, 2.24) is 31.9 Å². The number of nitrogens with two attached hydrogens (primary N) is 1. The molecule has 0 heterocycles. The highest BCUT2D eigenvalue weighted by atomic mass is 16.4. The predicted octanol–water partition coefficient (Wildman–Crippen LogP) is 2.18. The Hall–Kier alpha value is -6.99. The van der Waals surface area contributed by atoms with E-state index in [0.717, 1.165) is 5.56 Å². The molecule has 0 spiro atoms. The Kier molecular flexibility index (Phi) is 23.9. The third-order valence-corrected chi connectivity index (χ3v) is 11.0. The fraction of sp³-hybridized carbons (Fsp3) is 0.531. The molecule has 0 radical (unpaired) electrons. The molecule has 20 nitrogen and oxygen atoms in total. The fourth-order valence-corrected chi connectivity index (χ4v) is 7.18. The summed E-state index contributed by atoms with van der Waals surface area (Å²) in [6, 6.07) is 6.52. The van der Waals surface area contributed by atoms with Crippen LogP contribution in [0, 0.1) is 18.3 Å². The van der Waals surface area contributed by atoms with Gasteiger partial charge in [0.05, 0.1) is 12.5 Å². The van der Waals surface area contributed by atoms with Crippen LogP contribution in [0.3, 0.4) is 0 Å². The number of hydrogen-bond acceptors (Lipinski definition) is 11. The first-order valence-corrected chi connectivity index (χ1v) is 23.1. The molecule has 378 valence electrons. The minimum Gasteiger partial charge on any atom is -0.481 e. The van der Waals surface area contributed by atoms with Crippen molar-refractivity contribution in [2.75, 3.05) is 0 Å². The first-order valence-electron chi connectivity index (χ1n) is 23.1. The maximum Gasteiger partial charge on any atom is 0.305 e. The van der Waals surface area contributed by atoms with E-state index in [-0.39, 0.29) is 50.2 Å². The van der Waals surface area contributed by atoms with Gasteiger partial charge in [0.1, 0.15) is 30.2 Å². The van der Waals surface area contributed by atoms with E-state index in [9.17, 15) is 63.0 Å². The summed E-state index contributed by atoms with van der Waals surface area (Å²) in [7, 11) is 0. The number of hydrogen-bond donors (Lipinski definition) is 9. The number of ketones is 2. The van der Waals surface area contributed by atoms with Crippen LogP contribution in [0.5, 0.6) is 0 Å². The van der Waals surface area contributed by atoms with Gasteiger partial charge in [-0.25, -0.2) is 0 Å². The quantitative estimate of drug-likeness (QED) is 0.0401. The summed E-state index contributed by atoms with van der Waals surface area (Å²) in [5.41, 5.74) is 5.96. The van der Waals surface area contributed by atoms with Crippen LogP contribution in [-0.2, 0) is 54.4 Å². The molecule has 0 aliphatic rings. The van der Waals surface area contributed by atoms with Crippen molar-refractivity contribution < 1.29 is 63.0 Å². The number of carboxylic acids is 2. The Balaban J connectivity index is 2.43. The Morgan fingerprint density at radius 2 is 1.14 bits per heavy atom. The molecule has 0 saturated carbocycles. The summed E-state index contributed by atoms with van der Waals surface area (Å²) in [6.07, 6.45) is -1.12. The third-order valence-electron chi connectivity index (χ3n) is 11.0. The lowest BCUT2D eigenvalue weighted by Gasteiger charge is -2.34. The van der Waals surface area contributed by atoms with Gasteiger partial charge in [-0.1, -0.05) is 109 Å². The highest BCUT2D eigenvalue weighted by molar-refractivity contribution is 6.37. The number of unbranched alkanes of at least 4 members (excludes halogenated alkanes) is 1. The molecule has 69 heavy (non-hydrogen) atoms. The molecule has 6 atom stereocenters. The number of primary amides is 1. The van der Waals surface area contributed by atoms with Crippen LogP contribution in [-0.4, -0.2) is 111 Å². The molecule has 10 N–H and O–H groups in total. The molecule has 0 aliphatic carbocycles. The Bertz CT molecular complexity index is 2160. The second-order valence-corrected chi connectivity index (χ2v) is 18.5. The van der Waals surface area contributed by atoms with Crippen LogP contribution in [0.2, 0.25) is 0 Å². The fourth-order valence-electron chi connectivity index (χ4n) is 7.18. The first-order chi connectivity index (χ1) is 32.3. The van der Waals surface area contributed by atoms with Gasteiger partial charge in [0.25, 0.3) is 5.91 Å². The number of carboxylic acid groups (broad SMARTS) is 2. The van der Waals surface area contributed by atoms with Crippen molar-refractivity contribution >= 4 is 64.9 Å². The standard InChI is InChI=1S/C49H69N7O13/c1-8-9-20-32(41(63)43(50)64)52-45(66)34(25-28(2)3)55-48(69)42(49(5,6)7)56-47(68)35(26-31-19-14-13-16-29(31)4)54-44(65)33(23-24-39(59)60)53-46(67)36(27-40(61)62)51-38(58)22-15-21-37(57)30-17-11-10-12-18-30/h10-14,16-19,28,32-36,42H,8-9,15,20-27H2,1-7H3,(H2,50,64)(H,51,58)(H,52,66)(H,53,67)(H,54,65)(H,55,69)(H,56,68)(H,59,60)(H,61,62)/t32-,33-,34-,35-,36-,42+/m0/s1. The number of rotatable bonds is 30. The summed E-state index contributed by atoms with van der Waals surface area (Å²) in [5, 5.41) is 34.3. The molecule has 20 heteroatoms. The van der Waals surface area contributed by atoms with Crippen molar-refractivity contribution in [3.05, 3.63) is 71.3 Å². The minimum absolute atomic E-state index is 0.0126. The van der Waals surface area contributed by atoms with E-state index in [4.69, 9.17) is 5.73 Å². The summed E-state index contributed by atoms with van der Waals surface area (Å²) in [4.78, 5) is 143. The normalized spacial score (nSPS) is 13.8. The highest BCUT2D eigenvalue weighted by Crippen LogP contribution is 2.21. The summed E-state index contributed by atoms with van der Waals surface area (Å²) >= 11 is 0. The van der Waals surface area contributed by atoms with Crippen LogP contribution >= 0.6 is 0 Å². The van der Waals surface area contributed by atoms with Gasteiger partial charge in [0.2, 0.25) is 41.2 Å². The van der Waals surface area contributed by atoms with Gasteiger partial charge >= 0.3 is 11.9 Å². The lowest BCUT2D eigenvalue weighted by molar-refractivity contribution is -0.141. The van der Waals surface area contributed by atoms with Gasteiger partial charge in [-0.05, 0) is 55.1 Å². The molecule has 0 fully saturated rings. The van der Waals surface area contributed by atoms with Gasteiger partial charge in [0, 0.05) is 31.2 Å². The number of carbonyl (C=O) groups is 11. The lowest BCUT2D eigenvalue weighted by Crippen LogP contribution is -2.62. The van der Waals surface area contributed by atoms with E-state index < -0.39 is 120 Å². The molecular formula is C49H69N7O13. The van der Waals surface area contributed by atoms with E-state index in [1.165, 1.54) is 0 Å². The SMILES string of the molecule is CCCC[C@H](NC(=O)[C@H](CC(C)C)NC(=O)[C@@H](NC(=O)[C@H](Cc1ccccc1C)NC(=O)[C@H](CCC(=O)O)NC(=O)[C@H](CC(=O)O)NC(=O)CCCC(=O)c1ccccc1)C(C)(C)C)C(=O)C(N)=O. The molecular weight excluding hydrogens is 895 g/mol. The van der Waals surface area contributed by atoms with Gasteiger partial charge in [-0.2, -0.15) is 0 Å². The van der Waals surface area contributed by atoms with E-state index in [2.05, 4.69) is 31.9 Å². The average Bonchev–Trinajstić information content (AvgIpc) is 3.27. The Morgan fingerprint density at radius 3 is 1.71 bits per heavy atom. The van der Waals surface area contributed by atoms with E-state index in [0.29, 0.717) is 24.0 Å². The number of amides is 7. The monoisotopic (exact) mass is 963 g/mol. The maximum absolute atomic E-state index is 14.4. The van der Waals surface area contributed by atoms with Crippen molar-refractivity contribution in [2.45, 2.75) is 155 Å². The molecule has 2 aromatic rings. The molecule has 0 aliphatic heterocycles. The van der Waals surface area contributed by atoms with Crippen molar-refractivity contribution in [3.63, 3.8) is 0 Å². The van der Waals surface area contributed by atoms with Crippen molar-refractivity contribution in [1.29, 1.82) is 0 Å². The second-order valence-electron chi connectivity index (χ2n) is 18.5. The Morgan fingerprint density at radius 1 is 0.594 bits per heavy atom. The Labute approximate surface area is 402 Å². The largest absolute Gasteiger partial charge is 0.481 e. The lowest BCUT2D eigenvalue weighted by atomic mass is 9.85. The zero-order valence-electron chi connectivity index (χ0n) is 40.5. The molecule has 0 aromatic heterocycles. The van der Waals surface area contributed by atoms with Crippen LogP contribution < -0.4 is 37.6 Å². The molecule has 0 bridgehead atoms. The van der Waals surface area contributed by atoms with Gasteiger partial charge < -0.3 is 47.8 Å². The van der Waals surface area contributed by atoms with Gasteiger partial charge in [0.15, 0.2) is 5.78 Å². The summed E-state index contributed by atoms with van der Waals surface area (Å²) in [5.74, 6) is -10.9. The van der Waals surface area contributed by atoms with Crippen LogP contribution in [0.25, 0.3) is 0 Å². The number of nitrogens with one attached hydrogen (secondary N) is 6. The predicted molar refractivity (Wildman–Crippen MR) is 253 cm³/mol. The highest BCUT2D eigenvalue weighted by Gasteiger charge is 2.39. The average molecular weight is 964 g/mol.